The van der Waals surface area contributed by atoms with E-state index in [4.69, 9.17) is 4.74 Å². The third kappa shape index (κ3) is 3.68. The molecule has 3 heterocycles. The summed E-state index contributed by atoms with van der Waals surface area (Å²) >= 11 is 0. The summed E-state index contributed by atoms with van der Waals surface area (Å²) in [5.41, 5.74) is 1.77. The minimum Gasteiger partial charge on any atom is -0.444 e. The molecule has 0 aliphatic carbocycles. The number of ether oxygens (including phenoxy) is 1. The quantitative estimate of drug-likeness (QED) is 0.898. The van der Waals surface area contributed by atoms with Gasteiger partial charge in [0.1, 0.15) is 5.60 Å². The van der Waals surface area contributed by atoms with Gasteiger partial charge in [0.05, 0.1) is 12.0 Å². The lowest BCUT2D eigenvalue weighted by Crippen LogP contribution is -2.52. The molecule has 6 heteroatoms. The number of hydrogen-bond acceptors (Lipinski definition) is 4. The minimum absolute atomic E-state index is 0.147. The van der Waals surface area contributed by atoms with Crippen LogP contribution in [0.3, 0.4) is 0 Å². The number of carbonyl (C=O) groups excluding carboxylic acids is 1. The number of aromatic amines is 1. The minimum atomic E-state index is -0.427. The van der Waals surface area contributed by atoms with Crippen LogP contribution in [0.2, 0.25) is 0 Å². The molecule has 2 fully saturated rings. The van der Waals surface area contributed by atoms with Gasteiger partial charge in [0.25, 0.3) is 0 Å². The van der Waals surface area contributed by atoms with Gasteiger partial charge in [0, 0.05) is 30.4 Å². The second-order valence-electron chi connectivity index (χ2n) is 7.80. The van der Waals surface area contributed by atoms with E-state index in [1.165, 1.54) is 0 Å². The molecule has 0 spiro atoms. The van der Waals surface area contributed by atoms with Crippen LogP contribution < -0.4 is 5.32 Å². The summed E-state index contributed by atoms with van der Waals surface area (Å²) in [6.07, 6.45) is 5.76. The van der Waals surface area contributed by atoms with Crippen molar-refractivity contribution in [3.05, 3.63) is 17.7 Å². The first-order valence-electron chi connectivity index (χ1n) is 8.57. The van der Waals surface area contributed by atoms with Crippen LogP contribution in [0.25, 0.3) is 0 Å². The molecule has 2 atom stereocenters. The van der Waals surface area contributed by atoms with Crippen LogP contribution in [0.15, 0.2) is 6.33 Å². The Labute approximate surface area is 138 Å². The number of aromatic nitrogens is 2. The Morgan fingerprint density at radius 1 is 1.39 bits per heavy atom. The molecular weight excluding hydrogens is 292 g/mol. The van der Waals surface area contributed by atoms with Crippen molar-refractivity contribution < 1.29 is 9.53 Å². The predicted molar refractivity (Wildman–Crippen MR) is 88.1 cm³/mol. The van der Waals surface area contributed by atoms with Crippen LogP contribution >= 0.6 is 0 Å². The Kier molecular flexibility index (Phi) is 4.36. The molecule has 23 heavy (non-hydrogen) atoms. The molecule has 0 radical (unpaired) electrons. The Morgan fingerprint density at radius 3 is 2.57 bits per heavy atom. The number of amides is 1. The highest BCUT2D eigenvalue weighted by atomic mass is 16.6. The molecule has 0 saturated carbocycles. The molecule has 6 nitrogen and oxygen atoms in total. The molecule has 3 rings (SSSR count). The van der Waals surface area contributed by atoms with E-state index in [0.717, 1.165) is 43.6 Å². The van der Waals surface area contributed by atoms with E-state index in [1.807, 2.05) is 32.6 Å². The monoisotopic (exact) mass is 320 g/mol. The fourth-order valence-corrected chi connectivity index (χ4v) is 3.76. The van der Waals surface area contributed by atoms with Crippen molar-refractivity contribution in [2.24, 2.45) is 0 Å². The highest BCUT2D eigenvalue weighted by Gasteiger charge is 2.44. The average Bonchev–Trinajstić information content (AvgIpc) is 2.96. The number of rotatable bonds is 3. The van der Waals surface area contributed by atoms with Crippen molar-refractivity contribution in [3.8, 4) is 0 Å². The first-order valence-corrected chi connectivity index (χ1v) is 8.57. The molecular formula is C17H28N4O2. The number of hydrogen-bond donors (Lipinski definition) is 2. The van der Waals surface area contributed by atoms with Crippen LogP contribution in [0.4, 0.5) is 4.79 Å². The van der Waals surface area contributed by atoms with Crippen LogP contribution in [-0.2, 0) is 11.3 Å². The lowest BCUT2D eigenvalue weighted by Gasteiger charge is -2.39. The summed E-state index contributed by atoms with van der Waals surface area (Å²) in [6.45, 7) is 8.60. The molecule has 2 N–H and O–H groups in total. The van der Waals surface area contributed by atoms with E-state index in [1.54, 1.807) is 6.33 Å². The highest BCUT2D eigenvalue weighted by molar-refractivity contribution is 5.69. The van der Waals surface area contributed by atoms with Gasteiger partial charge < -0.3 is 19.9 Å². The lowest BCUT2D eigenvalue weighted by molar-refractivity contribution is 0.00465. The molecule has 2 saturated heterocycles. The zero-order valence-electron chi connectivity index (χ0n) is 14.6. The third-order valence-electron chi connectivity index (χ3n) is 4.83. The maximum absolute atomic E-state index is 12.4. The van der Waals surface area contributed by atoms with Gasteiger partial charge >= 0.3 is 6.09 Å². The van der Waals surface area contributed by atoms with Gasteiger partial charge in [-0.1, -0.05) is 0 Å². The molecule has 2 bridgehead atoms. The topological polar surface area (TPSA) is 70.2 Å². The zero-order valence-corrected chi connectivity index (χ0v) is 14.6. The third-order valence-corrected chi connectivity index (χ3v) is 4.83. The van der Waals surface area contributed by atoms with Gasteiger partial charge in [-0.15, -0.1) is 0 Å². The number of nitrogens with zero attached hydrogens (tertiary/aromatic N) is 2. The average molecular weight is 320 g/mol. The van der Waals surface area contributed by atoms with E-state index in [0.29, 0.717) is 18.1 Å². The number of H-pyrrole nitrogens is 1. The normalized spacial score (nSPS) is 27.3. The van der Waals surface area contributed by atoms with E-state index in [2.05, 4.69) is 15.3 Å². The summed E-state index contributed by atoms with van der Waals surface area (Å²) in [4.78, 5) is 21.9. The number of imidazole rings is 1. The Bertz CT molecular complexity index is 549. The summed E-state index contributed by atoms with van der Waals surface area (Å²) in [5, 5.41) is 3.61. The van der Waals surface area contributed by atoms with Crippen LogP contribution in [-0.4, -0.2) is 44.7 Å². The van der Waals surface area contributed by atoms with Crippen molar-refractivity contribution in [2.75, 3.05) is 0 Å². The maximum Gasteiger partial charge on any atom is 0.410 e. The Hall–Kier alpha value is -1.56. The second-order valence-corrected chi connectivity index (χ2v) is 7.80. The predicted octanol–water partition coefficient (Wildman–Crippen LogP) is 2.74. The standard InChI is InChI=1S/C17H28N4O2/c1-11-15(20-10-19-11)9-18-12-7-13-5-6-14(8-12)21(13)16(22)23-17(2,3)4/h10,12-14,18H,5-9H2,1-4H3,(H,19,20). The Morgan fingerprint density at radius 2 is 2.04 bits per heavy atom. The van der Waals surface area contributed by atoms with Gasteiger partial charge in [-0.3, -0.25) is 0 Å². The number of piperidine rings is 1. The number of fused-ring (bicyclic) bond motifs is 2. The second kappa shape index (κ2) is 6.15. The fourth-order valence-electron chi connectivity index (χ4n) is 3.76. The molecule has 1 aromatic heterocycles. The van der Waals surface area contributed by atoms with Gasteiger partial charge in [0.15, 0.2) is 0 Å². The van der Waals surface area contributed by atoms with Crippen LogP contribution in [0.5, 0.6) is 0 Å². The van der Waals surface area contributed by atoms with Gasteiger partial charge in [0.2, 0.25) is 0 Å². The summed E-state index contributed by atoms with van der Waals surface area (Å²) in [7, 11) is 0. The molecule has 2 unspecified atom stereocenters. The van der Waals surface area contributed by atoms with Gasteiger partial charge in [-0.05, 0) is 53.4 Å². The molecule has 2 aliphatic rings. The molecule has 0 aromatic carbocycles. The smallest absolute Gasteiger partial charge is 0.410 e. The summed E-state index contributed by atoms with van der Waals surface area (Å²) in [5.74, 6) is 0. The molecule has 2 aliphatic heterocycles. The maximum atomic E-state index is 12.4. The van der Waals surface area contributed by atoms with Crippen molar-refractivity contribution >= 4 is 6.09 Å². The summed E-state index contributed by atoms with van der Waals surface area (Å²) < 4.78 is 5.58. The largest absolute Gasteiger partial charge is 0.444 e. The van der Waals surface area contributed by atoms with E-state index < -0.39 is 5.60 Å². The van der Waals surface area contributed by atoms with E-state index in [-0.39, 0.29) is 6.09 Å². The van der Waals surface area contributed by atoms with Crippen LogP contribution in [0, 0.1) is 6.92 Å². The van der Waals surface area contributed by atoms with Crippen molar-refractivity contribution in [2.45, 2.75) is 83.6 Å². The van der Waals surface area contributed by atoms with E-state index >= 15 is 0 Å². The number of nitrogens with one attached hydrogen (secondary N) is 2. The van der Waals surface area contributed by atoms with Crippen molar-refractivity contribution in [1.29, 1.82) is 0 Å². The molecule has 1 aromatic rings. The van der Waals surface area contributed by atoms with Gasteiger partial charge in [-0.25, -0.2) is 9.78 Å². The van der Waals surface area contributed by atoms with Crippen molar-refractivity contribution in [3.63, 3.8) is 0 Å². The van der Waals surface area contributed by atoms with E-state index in [9.17, 15) is 4.79 Å². The number of carbonyl (C=O) groups is 1. The summed E-state index contributed by atoms with van der Waals surface area (Å²) in [6, 6.07) is 1.06. The highest BCUT2D eigenvalue weighted by Crippen LogP contribution is 2.36. The molecule has 128 valence electrons. The van der Waals surface area contributed by atoms with Gasteiger partial charge in [-0.2, -0.15) is 0 Å². The van der Waals surface area contributed by atoms with Crippen molar-refractivity contribution in [1.82, 2.24) is 20.2 Å². The molecule has 1 amide bonds. The van der Waals surface area contributed by atoms with Crippen LogP contribution in [0.1, 0.15) is 57.8 Å². The first-order chi connectivity index (χ1) is 10.8. The fraction of sp³-hybridized carbons (Fsp3) is 0.765. The number of aryl methyl sites for hydroxylation is 1. The lowest BCUT2D eigenvalue weighted by atomic mass is 9.97. The zero-order chi connectivity index (χ0) is 16.6. The SMILES string of the molecule is Cc1[nH]cnc1CNC1CC2CCC(C1)N2C(=O)OC(C)(C)C. The Balaban J connectivity index is 1.56. The first kappa shape index (κ1) is 16.3.